The summed E-state index contributed by atoms with van der Waals surface area (Å²) in [4.78, 5) is 13.4. The van der Waals surface area contributed by atoms with Gasteiger partial charge in [0.1, 0.15) is 6.54 Å². The molecule has 0 atom stereocenters. The third kappa shape index (κ3) is 5.82. The maximum Gasteiger partial charge on any atom is 0.417 e. The minimum Gasteiger partial charge on any atom is -0.323 e. The molecular weight excluding hydrogens is 497 g/mol. The first-order chi connectivity index (χ1) is 15.5. The molecular formula is C22H18ClF3N2O3S2. The molecule has 0 heterocycles. The standard InChI is InChI=1S/C22H18ClF3N2O3S2/c1-32-20-10-6-5-9-19(20)27-21(29)14-28(33(30,31)16-7-3-2-4-8-16)15-11-12-18(23)17(13-15)22(24,25)26/h2-13H,14H2,1H3,(H,27,29). The molecule has 5 nitrogen and oxygen atoms in total. The Morgan fingerprint density at radius 3 is 2.30 bits per heavy atom. The Labute approximate surface area is 198 Å². The lowest BCUT2D eigenvalue weighted by Crippen LogP contribution is -2.38. The van der Waals surface area contributed by atoms with E-state index in [1.54, 1.807) is 30.3 Å². The Morgan fingerprint density at radius 2 is 1.67 bits per heavy atom. The summed E-state index contributed by atoms with van der Waals surface area (Å²) in [5, 5.41) is 2.05. The van der Waals surface area contributed by atoms with Gasteiger partial charge in [-0.3, -0.25) is 9.10 Å². The number of nitrogens with zero attached hydrogens (tertiary/aromatic N) is 1. The minimum atomic E-state index is -4.81. The molecule has 174 valence electrons. The zero-order chi connectivity index (χ0) is 24.2. The number of amides is 1. The monoisotopic (exact) mass is 514 g/mol. The van der Waals surface area contributed by atoms with Gasteiger partial charge in [-0.1, -0.05) is 41.9 Å². The molecule has 11 heteroatoms. The van der Waals surface area contributed by atoms with E-state index in [4.69, 9.17) is 11.6 Å². The van der Waals surface area contributed by atoms with Crippen LogP contribution in [0.2, 0.25) is 5.02 Å². The summed E-state index contributed by atoms with van der Waals surface area (Å²) in [7, 11) is -4.38. The van der Waals surface area contributed by atoms with E-state index in [9.17, 15) is 26.4 Å². The summed E-state index contributed by atoms with van der Waals surface area (Å²) in [5.74, 6) is -0.723. The van der Waals surface area contributed by atoms with Crippen molar-refractivity contribution in [1.29, 1.82) is 0 Å². The number of hydrogen-bond acceptors (Lipinski definition) is 4. The van der Waals surface area contributed by atoms with Gasteiger partial charge < -0.3 is 5.32 Å². The number of benzene rings is 3. The highest BCUT2D eigenvalue weighted by Gasteiger charge is 2.35. The first-order valence-electron chi connectivity index (χ1n) is 9.41. The van der Waals surface area contributed by atoms with Gasteiger partial charge >= 0.3 is 6.18 Å². The molecule has 33 heavy (non-hydrogen) atoms. The molecule has 3 aromatic rings. The van der Waals surface area contributed by atoms with Gasteiger partial charge in [-0.25, -0.2) is 8.42 Å². The zero-order valence-corrected chi connectivity index (χ0v) is 19.5. The van der Waals surface area contributed by atoms with Crippen molar-refractivity contribution in [2.24, 2.45) is 0 Å². The molecule has 3 aromatic carbocycles. The van der Waals surface area contributed by atoms with Crippen molar-refractivity contribution >= 4 is 50.7 Å². The number of thioether (sulfide) groups is 1. The molecule has 0 unspecified atom stereocenters. The molecule has 0 radical (unpaired) electrons. The third-order valence-electron chi connectivity index (χ3n) is 4.54. The number of carbonyl (C=O) groups is 1. The van der Waals surface area contributed by atoms with E-state index in [-0.39, 0.29) is 10.6 Å². The Hall–Kier alpha value is -2.69. The molecule has 1 N–H and O–H groups in total. The Kier molecular flexibility index (Phi) is 7.61. The largest absolute Gasteiger partial charge is 0.417 e. The van der Waals surface area contributed by atoms with Gasteiger partial charge in [-0.15, -0.1) is 11.8 Å². The fourth-order valence-electron chi connectivity index (χ4n) is 2.99. The van der Waals surface area contributed by atoms with Crippen LogP contribution >= 0.6 is 23.4 Å². The summed E-state index contributed by atoms with van der Waals surface area (Å²) in [6.07, 6.45) is -3.00. The summed E-state index contributed by atoms with van der Waals surface area (Å²) in [6.45, 7) is -0.751. The van der Waals surface area contributed by atoms with Crippen molar-refractivity contribution < 1.29 is 26.4 Å². The second-order valence-electron chi connectivity index (χ2n) is 6.74. The summed E-state index contributed by atoms with van der Waals surface area (Å²) in [5.41, 5.74) is -1.09. The van der Waals surface area contributed by atoms with Gasteiger partial charge in [-0.2, -0.15) is 13.2 Å². The number of hydrogen-bond donors (Lipinski definition) is 1. The van der Waals surface area contributed by atoms with Gasteiger partial charge in [-0.05, 0) is 48.7 Å². The minimum absolute atomic E-state index is 0.175. The van der Waals surface area contributed by atoms with Crippen LogP contribution in [0.4, 0.5) is 24.5 Å². The maximum absolute atomic E-state index is 13.4. The number of alkyl halides is 3. The van der Waals surface area contributed by atoms with E-state index < -0.39 is 39.2 Å². The van der Waals surface area contributed by atoms with Crippen LogP contribution in [0.1, 0.15) is 5.56 Å². The molecule has 0 bridgehead atoms. The van der Waals surface area contributed by atoms with E-state index in [0.717, 1.165) is 17.0 Å². The summed E-state index contributed by atoms with van der Waals surface area (Å²) in [6, 6.07) is 16.7. The fraction of sp³-hybridized carbons (Fsp3) is 0.136. The Morgan fingerprint density at radius 1 is 1.03 bits per heavy atom. The van der Waals surface area contributed by atoms with Crippen LogP contribution in [0.15, 0.2) is 82.6 Å². The second-order valence-corrected chi connectivity index (χ2v) is 9.85. The number of para-hydroxylation sites is 1. The topological polar surface area (TPSA) is 66.5 Å². The lowest BCUT2D eigenvalue weighted by Gasteiger charge is -2.25. The molecule has 0 saturated carbocycles. The number of sulfonamides is 1. The molecule has 0 saturated heterocycles. The first-order valence-corrected chi connectivity index (χ1v) is 12.5. The van der Waals surface area contributed by atoms with Gasteiger partial charge in [0.15, 0.2) is 0 Å². The number of anilines is 2. The molecule has 1 amide bonds. The van der Waals surface area contributed by atoms with Gasteiger partial charge in [0, 0.05) is 4.90 Å². The van der Waals surface area contributed by atoms with Crippen molar-refractivity contribution in [1.82, 2.24) is 0 Å². The number of rotatable bonds is 7. The van der Waals surface area contributed by atoms with Crippen molar-refractivity contribution in [3.05, 3.63) is 83.4 Å². The van der Waals surface area contributed by atoms with Crippen LogP contribution in [-0.4, -0.2) is 27.1 Å². The SMILES string of the molecule is CSc1ccccc1NC(=O)CN(c1ccc(Cl)c(C(F)(F)F)c1)S(=O)(=O)c1ccccc1. The molecule has 3 rings (SSSR count). The summed E-state index contributed by atoms with van der Waals surface area (Å²) < 4.78 is 67.5. The maximum atomic E-state index is 13.4. The first kappa shape index (κ1) is 24.9. The number of halogens is 4. The average molecular weight is 515 g/mol. The van der Waals surface area contributed by atoms with Crippen LogP contribution in [0.5, 0.6) is 0 Å². The molecule has 0 fully saturated rings. The Balaban J connectivity index is 2.04. The number of nitrogens with one attached hydrogen (secondary N) is 1. The lowest BCUT2D eigenvalue weighted by atomic mass is 10.2. The predicted molar refractivity (Wildman–Crippen MR) is 124 cm³/mol. The van der Waals surface area contributed by atoms with E-state index >= 15 is 0 Å². The van der Waals surface area contributed by atoms with Crippen LogP contribution < -0.4 is 9.62 Å². The van der Waals surface area contributed by atoms with Crippen molar-refractivity contribution in [3.8, 4) is 0 Å². The Bertz CT molecular complexity index is 1250. The van der Waals surface area contributed by atoms with E-state index in [1.807, 2.05) is 6.26 Å². The lowest BCUT2D eigenvalue weighted by molar-refractivity contribution is -0.137. The van der Waals surface area contributed by atoms with Crippen molar-refractivity contribution in [2.75, 3.05) is 22.4 Å². The predicted octanol–water partition coefficient (Wildman–Crippen LogP) is 5.91. The highest BCUT2D eigenvalue weighted by molar-refractivity contribution is 7.98. The number of carbonyl (C=O) groups excluding carboxylic acids is 1. The van der Waals surface area contributed by atoms with Gasteiger partial charge in [0.2, 0.25) is 5.91 Å². The zero-order valence-electron chi connectivity index (χ0n) is 17.1. The summed E-state index contributed by atoms with van der Waals surface area (Å²) >= 11 is 7.07. The molecule has 0 aliphatic heterocycles. The molecule has 0 aromatic heterocycles. The third-order valence-corrected chi connectivity index (χ3v) is 7.46. The highest BCUT2D eigenvalue weighted by atomic mass is 35.5. The quantitative estimate of drug-likeness (QED) is 0.398. The highest BCUT2D eigenvalue weighted by Crippen LogP contribution is 2.38. The van der Waals surface area contributed by atoms with Gasteiger partial charge in [0.25, 0.3) is 10.0 Å². The van der Waals surface area contributed by atoms with Crippen molar-refractivity contribution in [2.45, 2.75) is 16.0 Å². The van der Waals surface area contributed by atoms with E-state index in [0.29, 0.717) is 16.1 Å². The van der Waals surface area contributed by atoms with Crippen LogP contribution in [-0.2, 0) is 21.0 Å². The van der Waals surface area contributed by atoms with E-state index in [2.05, 4.69) is 5.32 Å². The normalized spacial score (nSPS) is 11.8. The molecule has 0 spiro atoms. The molecule has 0 aliphatic rings. The van der Waals surface area contributed by atoms with Gasteiger partial charge in [0.05, 0.1) is 26.9 Å². The smallest absolute Gasteiger partial charge is 0.323 e. The second kappa shape index (κ2) is 10.1. The fourth-order valence-corrected chi connectivity index (χ4v) is 5.20. The molecule has 0 aliphatic carbocycles. The van der Waals surface area contributed by atoms with E-state index in [1.165, 1.54) is 36.0 Å². The average Bonchev–Trinajstić information content (AvgIpc) is 2.78. The van der Waals surface area contributed by atoms with Crippen LogP contribution in [0.3, 0.4) is 0 Å². The van der Waals surface area contributed by atoms with Crippen LogP contribution in [0.25, 0.3) is 0 Å². The van der Waals surface area contributed by atoms with Crippen LogP contribution in [0, 0.1) is 0 Å². The van der Waals surface area contributed by atoms with Crippen molar-refractivity contribution in [3.63, 3.8) is 0 Å².